The zero-order chi connectivity index (χ0) is 14.8. The van der Waals surface area contributed by atoms with Crippen molar-refractivity contribution in [2.45, 2.75) is 12.7 Å². The van der Waals surface area contributed by atoms with Crippen molar-refractivity contribution in [3.8, 4) is 0 Å². The van der Waals surface area contributed by atoms with Gasteiger partial charge in [-0.2, -0.15) is 0 Å². The van der Waals surface area contributed by atoms with E-state index in [1.54, 1.807) is 24.3 Å². The monoisotopic (exact) mass is 284 g/mol. The first-order valence-corrected chi connectivity index (χ1v) is 6.02. The molecule has 1 amide bonds. The Morgan fingerprint density at radius 2 is 2.00 bits per heavy atom. The molecule has 7 heteroatoms. The van der Waals surface area contributed by atoms with Crippen LogP contribution in [0.4, 0.5) is 4.39 Å². The first kappa shape index (κ1) is 16.1. The summed E-state index contributed by atoms with van der Waals surface area (Å²) in [6, 6.07) is 8.99. The van der Waals surface area contributed by atoms with Crippen molar-refractivity contribution in [2.24, 2.45) is 5.73 Å². The van der Waals surface area contributed by atoms with E-state index in [1.165, 1.54) is 0 Å². The minimum atomic E-state index is -1.36. The average molecular weight is 284 g/mol. The molecular weight excluding hydrogens is 267 g/mol. The molecule has 1 rings (SSSR count). The lowest BCUT2D eigenvalue weighted by Gasteiger charge is -2.14. The van der Waals surface area contributed by atoms with Crippen molar-refractivity contribution in [1.82, 2.24) is 5.32 Å². The highest BCUT2D eigenvalue weighted by Crippen LogP contribution is 2.03. The van der Waals surface area contributed by atoms with Gasteiger partial charge < -0.3 is 20.5 Å². The molecule has 0 aliphatic heterocycles. The Morgan fingerprint density at radius 1 is 1.30 bits per heavy atom. The lowest BCUT2D eigenvalue weighted by atomic mass is 10.2. The molecule has 6 nitrogen and oxygen atoms in total. The normalized spacial score (nSPS) is 11.7. The molecule has 0 saturated carbocycles. The van der Waals surface area contributed by atoms with Crippen LogP contribution in [0.25, 0.3) is 0 Å². The van der Waals surface area contributed by atoms with Gasteiger partial charge in [-0.15, -0.1) is 0 Å². The van der Waals surface area contributed by atoms with Crippen molar-refractivity contribution in [2.75, 3.05) is 20.0 Å². The predicted octanol–water partition coefficient (Wildman–Crippen LogP) is 0.117. The fraction of sp³-hybridized carbons (Fsp3) is 0.385. The maximum absolute atomic E-state index is 12.7. The summed E-state index contributed by atoms with van der Waals surface area (Å²) in [6.07, 6.45) is -1.36. The van der Waals surface area contributed by atoms with Crippen molar-refractivity contribution in [3.05, 3.63) is 35.9 Å². The van der Waals surface area contributed by atoms with Gasteiger partial charge in [-0.25, -0.2) is 9.18 Å². The number of hydrogen-bond acceptors (Lipinski definition) is 5. The first-order chi connectivity index (χ1) is 9.67. The number of carbonyl (C=O) groups excluding carboxylic acids is 2. The van der Waals surface area contributed by atoms with Gasteiger partial charge in [-0.05, 0) is 5.56 Å². The third-order valence-electron chi connectivity index (χ3n) is 2.37. The van der Waals surface area contributed by atoms with Crippen LogP contribution in [0.1, 0.15) is 5.56 Å². The number of nitrogens with two attached hydrogens (primary N) is 1. The second kappa shape index (κ2) is 9.00. The lowest BCUT2D eigenvalue weighted by Crippen LogP contribution is -2.37. The van der Waals surface area contributed by atoms with Gasteiger partial charge in [0.2, 0.25) is 5.91 Å². The Balaban J connectivity index is 2.33. The molecule has 0 fully saturated rings. The lowest BCUT2D eigenvalue weighted by molar-refractivity contribution is -0.160. The molecule has 0 saturated heterocycles. The third kappa shape index (κ3) is 5.77. The Bertz CT molecular complexity index is 428. The molecule has 0 aliphatic carbocycles. The number of hydrogen-bond donors (Lipinski definition) is 2. The number of ether oxygens (including phenoxy) is 2. The van der Waals surface area contributed by atoms with E-state index in [1.807, 2.05) is 6.07 Å². The van der Waals surface area contributed by atoms with E-state index >= 15 is 0 Å². The number of nitrogens with one attached hydrogen (secondary N) is 1. The molecule has 0 spiro atoms. The summed E-state index contributed by atoms with van der Waals surface area (Å²) in [6.45, 7) is -1.51. The van der Waals surface area contributed by atoms with E-state index in [4.69, 9.17) is 15.2 Å². The van der Waals surface area contributed by atoms with Crippen molar-refractivity contribution >= 4 is 11.9 Å². The zero-order valence-electron chi connectivity index (χ0n) is 10.9. The van der Waals surface area contributed by atoms with Gasteiger partial charge in [0.1, 0.15) is 20.0 Å². The highest BCUT2D eigenvalue weighted by molar-refractivity contribution is 5.77. The number of amides is 1. The highest BCUT2D eigenvalue weighted by Gasteiger charge is 2.21. The molecule has 20 heavy (non-hydrogen) atoms. The van der Waals surface area contributed by atoms with Crippen LogP contribution in [-0.2, 0) is 25.7 Å². The van der Waals surface area contributed by atoms with Crippen LogP contribution in [0.15, 0.2) is 30.3 Å². The second-order valence-electron chi connectivity index (χ2n) is 3.85. The van der Waals surface area contributed by atoms with Gasteiger partial charge in [0, 0.05) is 0 Å². The van der Waals surface area contributed by atoms with E-state index in [9.17, 15) is 14.0 Å². The SMILES string of the molecule is NCC(=O)NCOC(CF)C(=O)OCc1ccccc1. The molecule has 0 aromatic heterocycles. The number of esters is 1. The quantitative estimate of drug-likeness (QED) is 0.522. The number of benzene rings is 1. The van der Waals surface area contributed by atoms with Crippen molar-refractivity contribution < 1.29 is 23.5 Å². The molecule has 0 bridgehead atoms. The molecule has 1 aromatic rings. The fourth-order valence-electron chi connectivity index (χ4n) is 1.29. The molecule has 1 unspecified atom stereocenters. The average Bonchev–Trinajstić information content (AvgIpc) is 2.50. The molecule has 0 aliphatic rings. The number of alkyl halides is 1. The molecule has 1 aromatic carbocycles. The highest BCUT2D eigenvalue weighted by atomic mass is 19.1. The van der Waals surface area contributed by atoms with Crippen LogP contribution >= 0.6 is 0 Å². The van der Waals surface area contributed by atoms with E-state index in [2.05, 4.69) is 5.32 Å². The smallest absolute Gasteiger partial charge is 0.338 e. The van der Waals surface area contributed by atoms with Gasteiger partial charge in [0.05, 0.1) is 6.54 Å². The third-order valence-corrected chi connectivity index (χ3v) is 2.37. The molecule has 0 radical (unpaired) electrons. The Kier molecular flexibility index (Phi) is 7.23. The second-order valence-corrected chi connectivity index (χ2v) is 3.85. The Morgan fingerprint density at radius 3 is 2.60 bits per heavy atom. The van der Waals surface area contributed by atoms with Crippen LogP contribution < -0.4 is 11.1 Å². The van der Waals surface area contributed by atoms with Crippen molar-refractivity contribution in [1.29, 1.82) is 0 Å². The number of rotatable bonds is 8. The largest absolute Gasteiger partial charge is 0.459 e. The summed E-state index contributed by atoms with van der Waals surface area (Å²) in [5.41, 5.74) is 5.85. The summed E-state index contributed by atoms with van der Waals surface area (Å²) < 4.78 is 22.5. The molecule has 3 N–H and O–H groups in total. The first-order valence-electron chi connectivity index (χ1n) is 6.02. The molecule has 0 heterocycles. The van der Waals surface area contributed by atoms with E-state index in [0.29, 0.717) is 0 Å². The number of halogens is 1. The minimum Gasteiger partial charge on any atom is -0.459 e. The van der Waals surface area contributed by atoms with Crippen LogP contribution in [-0.4, -0.2) is 37.9 Å². The summed E-state index contributed by atoms with van der Waals surface area (Å²) in [4.78, 5) is 22.4. The van der Waals surface area contributed by atoms with Crippen LogP contribution in [0.2, 0.25) is 0 Å². The standard InChI is InChI=1S/C13H17FN2O4/c14-6-11(20-9-16-12(17)7-15)13(18)19-8-10-4-2-1-3-5-10/h1-5,11H,6-9,15H2,(H,16,17). The van der Waals surface area contributed by atoms with Gasteiger partial charge in [-0.1, -0.05) is 30.3 Å². The van der Waals surface area contributed by atoms with E-state index in [0.717, 1.165) is 5.56 Å². The maximum Gasteiger partial charge on any atom is 0.338 e. The molecule has 110 valence electrons. The summed E-state index contributed by atoms with van der Waals surface area (Å²) >= 11 is 0. The number of carbonyl (C=O) groups is 2. The minimum absolute atomic E-state index is 0.0364. The van der Waals surface area contributed by atoms with Crippen LogP contribution in [0.5, 0.6) is 0 Å². The van der Waals surface area contributed by atoms with Crippen LogP contribution in [0.3, 0.4) is 0 Å². The molecular formula is C13H17FN2O4. The van der Waals surface area contributed by atoms with E-state index < -0.39 is 24.7 Å². The Labute approximate surface area is 116 Å². The van der Waals surface area contributed by atoms with Crippen LogP contribution in [0, 0.1) is 0 Å². The molecule has 1 atom stereocenters. The van der Waals surface area contributed by atoms with Gasteiger partial charge in [0.15, 0.2) is 6.10 Å². The van der Waals surface area contributed by atoms with Gasteiger partial charge in [0.25, 0.3) is 0 Å². The summed E-state index contributed by atoms with van der Waals surface area (Å²) in [5, 5.41) is 2.27. The topological polar surface area (TPSA) is 90.7 Å². The predicted molar refractivity (Wildman–Crippen MR) is 69.2 cm³/mol. The Hall–Kier alpha value is -1.99. The van der Waals surface area contributed by atoms with Gasteiger partial charge >= 0.3 is 5.97 Å². The summed E-state index contributed by atoms with van der Waals surface area (Å²) in [7, 11) is 0. The van der Waals surface area contributed by atoms with Crippen molar-refractivity contribution in [3.63, 3.8) is 0 Å². The van der Waals surface area contributed by atoms with E-state index in [-0.39, 0.29) is 19.9 Å². The summed E-state index contributed by atoms with van der Waals surface area (Å²) in [5.74, 6) is -1.28. The van der Waals surface area contributed by atoms with Gasteiger partial charge in [-0.3, -0.25) is 4.79 Å². The maximum atomic E-state index is 12.7. The fourth-order valence-corrected chi connectivity index (χ4v) is 1.29. The zero-order valence-corrected chi connectivity index (χ0v) is 10.9.